The van der Waals surface area contributed by atoms with Gasteiger partial charge in [0.15, 0.2) is 0 Å². The Hall–Kier alpha value is -4.89. The van der Waals surface area contributed by atoms with Gasteiger partial charge in [-0.2, -0.15) is 0 Å². The van der Waals surface area contributed by atoms with Crippen LogP contribution in [0.1, 0.15) is 55.6 Å². The van der Waals surface area contributed by atoms with E-state index >= 15 is 0 Å². The van der Waals surface area contributed by atoms with E-state index in [0.29, 0.717) is 47.6 Å². The van der Waals surface area contributed by atoms with Gasteiger partial charge in [0.2, 0.25) is 0 Å². The predicted octanol–water partition coefficient (Wildman–Crippen LogP) is 10.3. The fourth-order valence-electron chi connectivity index (χ4n) is 11.1. The Labute approximate surface area is 296 Å². The van der Waals surface area contributed by atoms with Crippen molar-refractivity contribution in [1.82, 2.24) is 9.88 Å². The highest BCUT2D eigenvalue weighted by molar-refractivity contribution is 5.83. The first-order chi connectivity index (χ1) is 24.8. The molecule has 8 unspecified atom stereocenters. The zero-order valence-corrected chi connectivity index (χ0v) is 28.5. The molecule has 50 heavy (non-hydrogen) atoms. The lowest BCUT2D eigenvalue weighted by Crippen LogP contribution is -2.37. The lowest BCUT2D eigenvalue weighted by Gasteiger charge is -2.40. The number of fused-ring (bicyclic) bond motifs is 10. The van der Waals surface area contributed by atoms with Gasteiger partial charge in [0.25, 0.3) is 0 Å². The Bertz CT molecular complexity index is 2130. The molecular formula is C47H43N3. The zero-order valence-electron chi connectivity index (χ0n) is 28.5. The summed E-state index contributed by atoms with van der Waals surface area (Å²) in [6.45, 7) is 0. The summed E-state index contributed by atoms with van der Waals surface area (Å²) in [7, 11) is 0. The van der Waals surface area contributed by atoms with Gasteiger partial charge in [-0.3, -0.25) is 4.98 Å². The van der Waals surface area contributed by atoms with E-state index in [1.165, 1.54) is 46.6 Å². The maximum Gasteiger partial charge on any atom is 0.0552 e. The van der Waals surface area contributed by atoms with Gasteiger partial charge in [-0.05, 0) is 90.5 Å². The first kappa shape index (κ1) is 28.9. The van der Waals surface area contributed by atoms with Crippen LogP contribution >= 0.6 is 0 Å². The van der Waals surface area contributed by atoms with E-state index in [0.717, 1.165) is 25.7 Å². The third kappa shape index (κ3) is 4.25. The number of rotatable bonds is 3. The molecule has 0 spiro atoms. The lowest BCUT2D eigenvalue weighted by atomic mass is 9.67. The van der Waals surface area contributed by atoms with Crippen molar-refractivity contribution >= 4 is 11.3 Å². The van der Waals surface area contributed by atoms with Crippen molar-refractivity contribution in [1.29, 1.82) is 0 Å². The lowest BCUT2D eigenvalue weighted by molar-refractivity contribution is 0.412. The van der Waals surface area contributed by atoms with Crippen LogP contribution in [-0.4, -0.2) is 22.0 Å². The van der Waals surface area contributed by atoms with Crippen molar-refractivity contribution in [2.24, 2.45) is 29.6 Å². The van der Waals surface area contributed by atoms with Gasteiger partial charge in [0, 0.05) is 64.8 Å². The second-order valence-electron chi connectivity index (χ2n) is 15.5. The van der Waals surface area contributed by atoms with Crippen molar-refractivity contribution in [3.63, 3.8) is 0 Å². The van der Waals surface area contributed by atoms with Crippen LogP contribution in [0.15, 0.2) is 174 Å². The third-order valence-corrected chi connectivity index (χ3v) is 13.2. The van der Waals surface area contributed by atoms with Gasteiger partial charge >= 0.3 is 0 Å². The number of hydrogen-bond acceptors (Lipinski definition) is 3. The second-order valence-corrected chi connectivity index (χ2v) is 15.5. The Morgan fingerprint density at radius 3 is 2.56 bits per heavy atom. The summed E-state index contributed by atoms with van der Waals surface area (Å²) in [6, 6.07) is 14.2. The highest BCUT2D eigenvalue weighted by Crippen LogP contribution is 2.55. The van der Waals surface area contributed by atoms with Crippen molar-refractivity contribution in [2.45, 2.75) is 56.5 Å². The molecule has 11 rings (SSSR count). The molecule has 3 heteroatoms. The Morgan fingerprint density at radius 1 is 0.740 bits per heavy atom. The number of pyridine rings is 1. The maximum absolute atomic E-state index is 4.31. The first-order valence-electron chi connectivity index (χ1n) is 19.0. The van der Waals surface area contributed by atoms with Gasteiger partial charge in [-0.1, -0.05) is 115 Å². The first-order valence-corrected chi connectivity index (χ1v) is 19.0. The van der Waals surface area contributed by atoms with Crippen LogP contribution in [0.5, 0.6) is 0 Å². The van der Waals surface area contributed by atoms with Crippen LogP contribution < -0.4 is 4.90 Å². The van der Waals surface area contributed by atoms with E-state index in [1.807, 2.05) is 12.4 Å². The predicted molar refractivity (Wildman–Crippen MR) is 204 cm³/mol. The van der Waals surface area contributed by atoms with Gasteiger partial charge in [0.1, 0.15) is 0 Å². The fourth-order valence-corrected chi connectivity index (χ4v) is 11.1. The van der Waals surface area contributed by atoms with Crippen LogP contribution in [0.25, 0.3) is 5.57 Å². The zero-order chi connectivity index (χ0) is 32.8. The van der Waals surface area contributed by atoms with Gasteiger partial charge in [-0.25, -0.2) is 0 Å². The van der Waals surface area contributed by atoms with Gasteiger partial charge in [-0.15, -0.1) is 0 Å². The Kier molecular flexibility index (Phi) is 6.54. The highest BCUT2D eigenvalue weighted by atomic mass is 15.2. The molecule has 2 aliphatic heterocycles. The molecule has 7 aliphatic carbocycles. The van der Waals surface area contributed by atoms with Crippen molar-refractivity contribution in [3.8, 4) is 0 Å². The number of aromatic nitrogens is 1. The molecule has 3 nitrogen and oxygen atoms in total. The maximum atomic E-state index is 4.31. The van der Waals surface area contributed by atoms with E-state index < -0.39 is 0 Å². The van der Waals surface area contributed by atoms with Gasteiger partial charge < -0.3 is 9.80 Å². The Morgan fingerprint density at radius 2 is 1.60 bits per heavy atom. The minimum atomic E-state index is 0.367. The smallest absolute Gasteiger partial charge is 0.0552 e. The third-order valence-electron chi connectivity index (χ3n) is 13.2. The van der Waals surface area contributed by atoms with Gasteiger partial charge in [0.05, 0.1) is 12.1 Å². The van der Waals surface area contributed by atoms with Crippen molar-refractivity contribution < 1.29 is 0 Å². The highest BCUT2D eigenvalue weighted by Gasteiger charge is 2.48. The normalized spacial score (nSPS) is 34.0. The minimum absolute atomic E-state index is 0.367. The molecule has 0 saturated carbocycles. The number of nitrogens with zero attached hydrogens (tertiary/aromatic N) is 3. The monoisotopic (exact) mass is 649 g/mol. The van der Waals surface area contributed by atoms with Crippen LogP contribution in [-0.2, 0) is 0 Å². The molecule has 9 aliphatic rings. The average Bonchev–Trinajstić information content (AvgIpc) is 3.70. The molecule has 0 radical (unpaired) electrons. The van der Waals surface area contributed by atoms with E-state index in [4.69, 9.17) is 0 Å². The van der Waals surface area contributed by atoms with E-state index in [2.05, 4.69) is 142 Å². The summed E-state index contributed by atoms with van der Waals surface area (Å²) < 4.78 is 0. The molecule has 1 fully saturated rings. The van der Waals surface area contributed by atoms with Crippen LogP contribution in [0.3, 0.4) is 0 Å². The molecule has 246 valence electrons. The Balaban J connectivity index is 0.923. The molecule has 1 aromatic carbocycles. The average molecular weight is 650 g/mol. The summed E-state index contributed by atoms with van der Waals surface area (Å²) in [5, 5.41) is 0. The second kappa shape index (κ2) is 11.3. The molecular weight excluding hydrogens is 607 g/mol. The quantitative estimate of drug-likeness (QED) is 0.330. The molecule has 3 heterocycles. The molecule has 0 amide bonds. The molecule has 1 saturated heterocycles. The molecule has 0 bridgehead atoms. The number of allylic oxidation sites excluding steroid dienone is 16. The molecule has 1 aromatic heterocycles. The summed E-state index contributed by atoms with van der Waals surface area (Å²) >= 11 is 0. The number of anilines is 1. The van der Waals surface area contributed by atoms with Crippen molar-refractivity contribution in [2.75, 3.05) is 4.90 Å². The summed E-state index contributed by atoms with van der Waals surface area (Å²) in [4.78, 5) is 9.65. The number of benzene rings is 1. The van der Waals surface area contributed by atoms with Crippen LogP contribution in [0, 0.1) is 29.6 Å². The summed E-state index contributed by atoms with van der Waals surface area (Å²) in [5.41, 5.74) is 14.9. The number of hydrogen-bond donors (Lipinski definition) is 0. The largest absolute Gasteiger partial charge is 0.357 e. The fraction of sp³-hybridized carbons (Fsp3) is 0.298. The van der Waals surface area contributed by atoms with E-state index in [1.54, 1.807) is 22.4 Å². The minimum Gasteiger partial charge on any atom is -0.357 e. The molecule has 2 aromatic rings. The topological polar surface area (TPSA) is 19.4 Å². The van der Waals surface area contributed by atoms with Crippen LogP contribution in [0.2, 0.25) is 0 Å². The van der Waals surface area contributed by atoms with Crippen molar-refractivity contribution in [3.05, 3.63) is 185 Å². The molecule has 8 atom stereocenters. The summed E-state index contributed by atoms with van der Waals surface area (Å²) in [6.07, 6.45) is 47.7. The standard InChI is InChI=1S/C47H43N3/c1-2-11-36-34(9-1)35-10-3-4-12-37(35)41-29-33(19-20-38(36)41)50-45-16-8-6-14-40(45)43-28-31(18-22-47(43)50)30-17-21-46-42(27-30)39-13-5-7-15-44(39)49(46)32-23-25-48-26-24-32/h1-3,5-7,9-11,13-15,17,19-27,29,31,38-39,41-44,46H,4,8,12,16,18,28H2. The molecule has 0 N–H and O–H groups in total. The SMILES string of the molecule is C1=CC2C3C=C(C4CC=C5C(C4)C4=C(CCC=C4)N5C4=CC5C6=C(C=CCC6)c6ccccc6C5C=C4)C=CC3N(c3ccncc3)C2C=C1. The van der Waals surface area contributed by atoms with Crippen LogP contribution in [0.4, 0.5) is 5.69 Å². The van der Waals surface area contributed by atoms with E-state index in [9.17, 15) is 0 Å². The van der Waals surface area contributed by atoms with E-state index in [-0.39, 0.29) is 0 Å². The summed E-state index contributed by atoms with van der Waals surface area (Å²) in [5.74, 6) is 2.82.